The topological polar surface area (TPSA) is 15.3 Å². The van der Waals surface area contributed by atoms with Crippen LogP contribution in [-0.2, 0) is 0 Å². The molecule has 0 aliphatic carbocycles. The highest BCUT2D eigenvalue weighted by atomic mass is 15.2. The maximum Gasteiger partial charge on any atom is 0.0758 e. The van der Waals surface area contributed by atoms with E-state index in [0.717, 1.165) is 5.70 Å². The first kappa shape index (κ1) is 8.50. The molecule has 0 aromatic rings. The van der Waals surface area contributed by atoms with Gasteiger partial charge < -0.3 is 10.2 Å². The first-order valence-corrected chi connectivity index (χ1v) is 3.15. The number of allylic oxidation sites excluding steroid dienone is 1. The fourth-order valence-corrected chi connectivity index (χ4v) is 0.524. The minimum Gasteiger partial charge on any atom is -0.363 e. The molecule has 0 radical (unpaired) electrons. The van der Waals surface area contributed by atoms with Crippen molar-refractivity contribution in [3.8, 4) is 0 Å². The first-order valence-electron chi connectivity index (χ1n) is 3.15. The molecule has 0 spiro atoms. The fourth-order valence-electron chi connectivity index (χ4n) is 0.524. The Kier molecular flexibility index (Phi) is 3.32. The van der Waals surface area contributed by atoms with E-state index in [1.165, 1.54) is 0 Å². The van der Waals surface area contributed by atoms with Gasteiger partial charge in [0.1, 0.15) is 0 Å². The summed E-state index contributed by atoms with van der Waals surface area (Å²) in [7, 11) is 3.95. The van der Waals surface area contributed by atoms with Crippen molar-refractivity contribution in [3.05, 3.63) is 12.3 Å². The second kappa shape index (κ2) is 3.51. The molecule has 9 heavy (non-hydrogen) atoms. The molecule has 0 aromatic heterocycles. The molecule has 0 aromatic carbocycles. The van der Waals surface area contributed by atoms with Crippen molar-refractivity contribution in [2.24, 2.45) is 0 Å². The maximum atomic E-state index is 3.81. The van der Waals surface area contributed by atoms with Gasteiger partial charge >= 0.3 is 0 Å². The Morgan fingerprint density at radius 3 is 2.22 bits per heavy atom. The summed E-state index contributed by atoms with van der Waals surface area (Å²) >= 11 is 0. The molecule has 0 fully saturated rings. The molecule has 0 saturated heterocycles. The van der Waals surface area contributed by atoms with Crippen LogP contribution in [0.4, 0.5) is 0 Å². The average molecular weight is 128 g/mol. The molecule has 1 unspecified atom stereocenters. The molecule has 0 rings (SSSR count). The van der Waals surface area contributed by atoms with Crippen molar-refractivity contribution < 1.29 is 0 Å². The summed E-state index contributed by atoms with van der Waals surface area (Å²) in [4.78, 5) is 2.08. The van der Waals surface area contributed by atoms with Crippen molar-refractivity contribution in [1.82, 2.24) is 10.2 Å². The molecular formula is C7H16N2. The van der Waals surface area contributed by atoms with Crippen LogP contribution in [0.3, 0.4) is 0 Å². The van der Waals surface area contributed by atoms with Crippen LogP contribution in [0.5, 0.6) is 0 Å². The van der Waals surface area contributed by atoms with Crippen LogP contribution in [0, 0.1) is 0 Å². The fraction of sp³-hybridized carbons (Fsp3) is 0.714. The monoisotopic (exact) mass is 128 g/mol. The largest absolute Gasteiger partial charge is 0.363 e. The third kappa shape index (κ3) is 2.51. The van der Waals surface area contributed by atoms with E-state index in [1.807, 2.05) is 21.0 Å². The number of hydrogen-bond acceptors (Lipinski definition) is 2. The van der Waals surface area contributed by atoms with Crippen LogP contribution in [-0.4, -0.2) is 25.2 Å². The second-order valence-electron chi connectivity index (χ2n) is 2.31. The van der Waals surface area contributed by atoms with E-state index in [1.54, 1.807) is 0 Å². The maximum absolute atomic E-state index is 3.81. The number of nitrogens with zero attached hydrogens (tertiary/aromatic N) is 1. The Morgan fingerprint density at radius 1 is 1.67 bits per heavy atom. The van der Waals surface area contributed by atoms with Crippen LogP contribution < -0.4 is 5.32 Å². The summed E-state index contributed by atoms with van der Waals surface area (Å²) in [6.45, 7) is 7.90. The lowest BCUT2D eigenvalue weighted by molar-refractivity contribution is 0.290. The predicted octanol–water partition coefficient (Wildman–Crippen LogP) is 1.02. The predicted molar refractivity (Wildman–Crippen MR) is 41.1 cm³/mol. The quantitative estimate of drug-likeness (QED) is 0.571. The molecule has 0 heterocycles. The summed E-state index contributed by atoms with van der Waals surface area (Å²) in [5, 5.41) is 3.11. The molecule has 0 aliphatic heterocycles. The van der Waals surface area contributed by atoms with Gasteiger partial charge in [0.05, 0.1) is 6.17 Å². The second-order valence-corrected chi connectivity index (χ2v) is 2.31. The molecule has 1 N–H and O–H groups in total. The zero-order valence-corrected chi connectivity index (χ0v) is 6.73. The Hall–Kier alpha value is -0.500. The van der Waals surface area contributed by atoms with Crippen molar-refractivity contribution in [2.45, 2.75) is 20.0 Å². The highest BCUT2D eigenvalue weighted by Crippen LogP contribution is 1.98. The molecule has 0 amide bonds. The van der Waals surface area contributed by atoms with Gasteiger partial charge in [0, 0.05) is 12.7 Å². The van der Waals surface area contributed by atoms with Crippen LogP contribution in [0.1, 0.15) is 13.8 Å². The van der Waals surface area contributed by atoms with Gasteiger partial charge in [-0.3, -0.25) is 0 Å². The van der Waals surface area contributed by atoms with Gasteiger partial charge in [-0.2, -0.15) is 0 Å². The molecule has 0 saturated carbocycles. The molecule has 2 nitrogen and oxygen atoms in total. The van der Waals surface area contributed by atoms with Gasteiger partial charge in [-0.05, 0) is 20.9 Å². The van der Waals surface area contributed by atoms with Crippen molar-refractivity contribution in [1.29, 1.82) is 0 Å². The SMILES string of the molecule is C=C(C)N(C)C(C)NC. The molecule has 0 aliphatic rings. The zero-order valence-electron chi connectivity index (χ0n) is 6.73. The Balaban J connectivity index is 3.72. The smallest absolute Gasteiger partial charge is 0.0758 e. The highest BCUT2D eigenvalue weighted by Gasteiger charge is 2.02. The highest BCUT2D eigenvalue weighted by molar-refractivity contribution is 4.87. The number of hydrogen-bond donors (Lipinski definition) is 1. The lowest BCUT2D eigenvalue weighted by Gasteiger charge is -2.26. The normalized spacial score (nSPS) is 12.9. The summed E-state index contributed by atoms with van der Waals surface area (Å²) in [6.07, 6.45) is 0.377. The van der Waals surface area contributed by atoms with Crippen LogP contribution in [0.25, 0.3) is 0 Å². The van der Waals surface area contributed by atoms with Crippen LogP contribution in [0.2, 0.25) is 0 Å². The summed E-state index contributed by atoms with van der Waals surface area (Å²) in [6, 6.07) is 0. The van der Waals surface area contributed by atoms with Gasteiger partial charge in [0.15, 0.2) is 0 Å². The minimum atomic E-state index is 0.377. The minimum absolute atomic E-state index is 0.377. The molecular weight excluding hydrogens is 112 g/mol. The van der Waals surface area contributed by atoms with E-state index in [9.17, 15) is 0 Å². The zero-order chi connectivity index (χ0) is 7.44. The van der Waals surface area contributed by atoms with E-state index >= 15 is 0 Å². The van der Waals surface area contributed by atoms with E-state index in [2.05, 4.69) is 23.7 Å². The average Bonchev–Trinajstić information content (AvgIpc) is 1.84. The van der Waals surface area contributed by atoms with E-state index in [-0.39, 0.29) is 0 Å². The van der Waals surface area contributed by atoms with E-state index in [4.69, 9.17) is 0 Å². The summed E-state index contributed by atoms with van der Waals surface area (Å²) in [5.74, 6) is 0. The molecule has 1 atom stereocenters. The Bertz CT molecular complexity index is 99.1. The van der Waals surface area contributed by atoms with E-state index in [0.29, 0.717) is 6.17 Å². The number of nitrogens with one attached hydrogen (secondary N) is 1. The number of rotatable bonds is 3. The molecule has 54 valence electrons. The summed E-state index contributed by atoms with van der Waals surface area (Å²) < 4.78 is 0. The third-order valence-electron chi connectivity index (χ3n) is 1.60. The van der Waals surface area contributed by atoms with Crippen molar-refractivity contribution >= 4 is 0 Å². The Morgan fingerprint density at radius 2 is 2.11 bits per heavy atom. The standard InChI is InChI=1S/C7H16N2/c1-6(2)9(5)7(3)8-4/h7-8H,1H2,2-5H3. The lowest BCUT2D eigenvalue weighted by Crippen LogP contribution is -2.37. The van der Waals surface area contributed by atoms with Gasteiger partial charge in [-0.15, -0.1) is 0 Å². The molecule has 0 bridgehead atoms. The van der Waals surface area contributed by atoms with Gasteiger partial charge in [0.25, 0.3) is 0 Å². The third-order valence-corrected chi connectivity index (χ3v) is 1.60. The summed E-state index contributed by atoms with van der Waals surface area (Å²) in [5.41, 5.74) is 1.08. The van der Waals surface area contributed by atoms with E-state index < -0.39 is 0 Å². The lowest BCUT2D eigenvalue weighted by atomic mass is 10.4. The molecule has 2 heteroatoms. The van der Waals surface area contributed by atoms with Crippen molar-refractivity contribution in [2.75, 3.05) is 14.1 Å². The van der Waals surface area contributed by atoms with Gasteiger partial charge in [0.2, 0.25) is 0 Å². The van der Waals surface area contributed by atoms with Gasteiger partial charge in [-0.1, -0.05) is 6.58 Å². The van der Waals surface area contributed by atoms with Crippen molar-refractivity contribution in [3.63, 3.8) is 0 Å². The van der Waals surface area contributed by atoms with Gasteiger partial charge in [-0.25, -0.2) is 0 Å². The van der Waals surface area contributed by atoms with Crippen LogP contribution in [0.15, 0.2) is 12.3 Å². The first-order chi connectivity index (χ1) is 4.09. The Labute approximate surface area is 57.5 Å². The van der Waals surface area contributed by atoms with Crippen LogP contribution >= 0.6 is 0 Å².